The van der Waals surface area contributed by atoms with Gasteiger partial charge in [-0.1, -0.05) is 0 Å². The normalized spacial score (nSPS) is 19.2. The summed E-state index contributed by atoms with van der Waals surface area (Å²) in [6, 6.07) is 1.95. The van der Waals surface area contributed by atoms with E-state index in [1.54, 1.807) is 0 Å². The minimum absolute atomic E-state index is 0.688. The zero-order chi connectivity index (χ0) is 27.3. The highest BCUT2D eigenvalue weighted by molar-refractivity contribution is 5.76. The average Bonchev–Trinajstić information content (AvgIpc) is 3.42. The molecule has 0 unspecified atom stereocenters. The van der Waals surface area contributed by atoms with Crippen molar-refractivity contribution in [2.75, 3.05) is 85.6 Å². The van der Waals surface area contributed by atoms with Gasteiger partial charge in [-0.25, -0.2) is 0 Å². The first-order chi connectivity index (χ1) is 18.4. The number of morpholine rings is 3. The van der Waals surface area contributed by atoms with Crippen LogP contribution in [0.4, 0.5) is 0 Å². The lowest BCUT2D eigenvalue weighted by Gasteiger charge is -2.34. The molecule has 2 aromatic rings. The molecule has 2 N–H and O–H groups in total. The highest BCUT2D eigenvalue weighted by atomic mass is 16.5. The first-order valence-electron chi connectivity index (χ1n) is 13.6. The second-order valence-corrected chi connectivity index (χ2v) is 10.0. The lowest BCUT2D eigenvalue weighted by Crippen LogP contribution is -2.47. The van der Waals surface area contributed by atoms with Gasteiger partial charge in [-0.3, -0.25) is 24.3 Å². The van der Waals surface area contributed by atoms with Gasteiger partial charge in [-0.05, 0) is 50.5 Å². The quantitative estimate of drug-likeness (QED) is 0.548. The van der Waals surface area contributed by atoms with Crippen LogP contribution in [0, 0.1) is 27.7 Å². The number of aromatic amines is 2. The van der Waals surface area contributed by atoms with E-state index >= 15 is 0 Å². The Morgan fingerprint density at radius 1 is 0.711 bits per heavy atom. The molecular formula is C28H45N5O5. The highest BCUT2D eigenvalue weighted by Crippen LogP contribution is 2.19. The van der Waals surface area contributed by atoms with Gasteiger partial charge in [0.15, 0.2) is 12.6 Å². The van der Waals surface area contributed by atoms with Crippen LogP contribution in [-0.2, 0) is 20.8 Å². The maximum Gasteiger partial charge on any atom is 0.166 e. The Balaban J connectivity index is 0.000000164. The van der Waals surface area contributed by atoms with Gasteiger partial charge in [0.05, 0.1) is 57.7 Å². The Hall–Kier alpha value is -2.34. The summed E-state index contributed by atoms with van der Waals surface area (Å²) < 4.78 is 15.9. The predicted octanol–water partition coefficient (Wildman–Crippen LogP) is 2.33. The largest absolute Gasteiger partial charge is 0.379 e. The molecule has 3 saturated heterocycles. The van der Waals surface area contributed by atoms with Crippen LogP contribution in [0.15, 0.2) is 6.07 Å². The molecule has 3 aliphatic heterocycles. The molecule has 0 aliphatic carbocycles. The Bertz CT molecular complexity index is 970. The fourth-order valence-corrected chi connectivity index (χ4v) is 4.79. The van der Waals surface area contributed by atoms with E-state index in [1.165, 1.54) is 5.56 Å². The number of nitrogens with one attached hydrogen (secondary N) is 2. The molecule has 0 saturated carbocycles. The number of rotatable bonds is 6. The molecule has 0 atom stereocenters. The van der Waals surface area contributed by atoms with Gasteiger partial charge < -0.3 is 24.2 Å². The fourth-order valence-electron chi connectivity index (χ4n) is 4.79. The summed E-state index contributed by atoms with van der Waals surface area (Å²) in [5.41, 5.74) is 6.89. The molecule has 38 heavy (non-hydrogen) atoms. The summed E-state index contributed by atoms with van der Waals surface area (Å²) in [6.07, 6.45) is 1.73. The van der Waals surface area contributed by atoms with Crippen LogP contribution in [0.1, 0.15) is 49.1 Å². The van der Waals surface area contributed by atoms with Crippen molar-refractivity contribution >= 4 is 12.6 Å². The maximum absolute atomic E-state index is 10.8. The average molecular weight is 532 g/mol. The second-order valence-electron chi connectivity index (χ2n) is 10.0. The molecule has 3 aliphatic rings. The van der Waals surface area contributed by atoms with Gasteiger partial charge in [0.1, 0.15) is 0 Å². The number of hydrogen-bond acceptors (Lipinski definition) is 8. The van der Waals surface area contributed by atoms with Crippen molar-refractivity contribution < 1.29 is 23.8 Å². The van der Waals surface area contributed by atoms with Crippen LogP contribution >= 0.6 is 0 Å². The van der Waals surface area contributed by atoms with Gasteiger partial charge in [-0.15, -0.1) is 0 Å². The Morgan fingerprint density at radius 2 is 1.18 bits per heavy atom. The summed E-state index contributed by atoms with van der Waals surface area (Å²) in [5, 5.41) is 0. The molecule has 0 spiro atoms. The number of carbonyl (C=O) groups excluding carboxylic acids is 2. The summed E-state index contributed by atoms with van der Waals surface area (Å²) in [5.74, 6) is 0. The van der Waals surface area contributed by atoms with Crippen LogP contribution in [0.5, 0.6) is 0 Å². The zero-order valence-corrected chi connectivity index (χ0v) is 23.5. The molecule has 10 nitrogen and oxygen atoms in total. The number of H-pyrrole nitrogens is 2. The Morgan fingerprint density at radius 3 is 1.55 bits per heavy atom. The van der Waals surface area contributed by atoms with E-state index in [1.807, 2.05) is 33.8 Å². The summed E-state index contributed by atoms with van der Waals surface area (Å²) in [4.78, 5) is 34.4. The highest BCUT2D eigenvalue weighted by Gasteiger charge is 2.17. The number of nitrogens with zero attached hydrogens (tertiary/aromatic N) is 3. The van der Waals surface area contributed by atoms with E-state index in [0.29, 0.717) is 11.4 Å². The van der Waals surface area contributed by atoms with Crippen molar-refractivity contribution in [2.45, 2.75) is 34.2 Å². The number of aromatic nitrogens is 2. The molecular weight excluding hydrogens is 486 g/mol. The van der Waals surface area contributed by atoms with E-state index in [9.17, 15) is 9.59 Å². The third-order valence-corrected chi connectivity index (χ3v) is 7.15. The van der Waals surface area contributed by atoms with E-state index in [0.717, 1.165) is 127 Å². The molecule has 3 fully saturated rings. The van der Waals surface area contributed by atoms with Gasteiger partial charge in [0.2, 0.25) is 0 Å². The third kappa shape index (κ3) is 9.44. The van der Waals surface area contributed by atoms with Crippen LogP contribution in [0.2, 0.25) is 0 Å². The number of hydrogen-bond donors (Lipinski definition) is 2. The van der Waals surface area contributed by atoms with Crippen molar-refractivity contribution in [3.05, 3.63) is 45.5 Å². The zero-order valence-electron chi connectivity index (χ0n) is 23.5. The van der Waals surface area contributed by atoms with Crippen LogP contribution in [-0.4, -0.2) is 123 Å². The van der Waals surface area contributed by atoms with E-state index in [-0.39, 0.29) is 0 Å². The lowest BCUT2D eigenvalue weighted by molar-refractivity contribution is -0.0229. The number of aldehydes is 2. The molecule has 10 heteroatoms. The van der Waals surface area contributed by atoms with Gasteiger partial charge in [0.25, 0.3) is 0 Å². The first kappa shape index (κ1) is 30.2. The smallest absolute Gasteiger partial charge is 0.166 e. The molecule has 0 amide bonds. The van der Waals surface area contributed by atoms with Gasteiger partial charge >= 0.3 is 0 Å². The van der Waals surface area contributed by atoms with Gasteiger partial charge in [-0.2, -0.15) is 0 Å². The van der Waals surface area contributed by atoms with Crippen molar-refractivity contribution in [1.29, 1.82) is 0 Å². The fraction of sp³-hybridized carbons (Fsp3) is 0.643. The predicted molar refractivity (Wildman–Crippen MR) is 147 cm³/mol. The van der Waals surface area contributed by atoms with Crippen molar-refractivity contribution in [2.24, 2.45) is 0 Å². The molecule has 0 radical (unpaired) electrons. The Kier molecular flexibility index (Phi) is 12.7. The first-order valence-corrected chi connectivity index (χ1v) is 13.6. The molecule has 0 bridgehead atoms. The number of carbonyl (C=O) groups is 2. The van der Waals surface area contributed by atoms with Crippen molar-refractivity contribution in [3.63, 3.8) is 0 Å². The summed E-state index contributed by atoms with van der Waals surface area (Å²) in [7, 11) is 0. The third-order valence-electron chi connectivity index (χ3n) is 7.15. The summed E-state index contributed by atoms with van der Waals surface area (Å²) in [6.45, 7) is 21.3. The summed E-state index contributed by atoms with van der Waals surface area (Å²) >= 11 is 0. The van der Waals surface area contributed by atoms with Crippen molar-refractivity contribution in [3.8, 4) is 0 Å². The van der Waals surface area contributed by atoms with Crippen LogP contribution in [0.3, 0.4) is 0 Å². The van der Waals surface area contributed by atoms with E-state index in [2.05, 4.69) is 24.7 Å². The number of aryl methyl sites for hydroxylation is 3. The topological polar surface area (TPSA) is 103 Å². The molecule has 5 heterocycles. The van der Waals surface area contributed by atoms with E-state index < -0.39 is 0 Å². The lowest BCUT2D eigenvalue weighted by atomic mass is 10.1. The van der Waals surface area contributed by atoms with Crippen LogP contribution in [0.25, 0.3) is 0 Å². The Labute approximate surface area is 226 Å². The molecule has 212 valence electrons. The maximum atomic E-state index is 10.8. The number of ether oxygens (including phenoxy) is 3. The van der Waals surface area contributed by atoms with Crippen LogP contribution < -0.4 is 0 Å². The standard InChI is InChI=1S/C12H18N2O2.C9H18N2O2.C7H9NO/c1-9-11(10(2)13-12(9)8-15)7-14-3-5-16-6-4-14;1-5-12-6-2-10(1)9-11-3-7-13-8-4-11;1-5-3-6(2)8-7(5)4-9/h8,13H,3-7H2,1-2H3;1-9H2;3-4,8H,1-2H3. The van der Waals surface area contributed by atoms with Gasteiger partial charge in [0, 0.05) is 57.2 Å². The van der Waals surface area contributed by atoms with Crippen molar-refractivity contribution in [1.82, 2.24) is 24.7 Å². The second kappa shape index (κ2) is 15.9. The minimum Gasteiger partial charge on any atom is -0.379 e. The monoisotopic (exact) mass is 531 g/mol. The molecule has 0 aromatic carbocycles. The minimum atomic E-state index is 0.688. The molecule has 2 aromatic heterocycles. The SMILES string of the molecule is C1CN(CN2CCOCC2)CCO1.Cc1[nH]c(C=O)c(C)c1CN1CCOCC1.Cc1cc(C)c(C=O)[nH]1. The molecule has 5 rings (SSSR count). The van der Waals surface area contributed by atoms with E-state index in [4.69, 9.17) is 14.2 Å².